The molecule has 190 valence electrons. The highest BCUT2D eigenvalue weighted by atomic mass is 16.5. The number of nitrogens with one attached hydrogen (secondary N) is 2. The van der Waals surface area contributed by atoms with E-state index in [1.165, 1.54) is 7.11 Å². The van der Waals surface area contributed by atoms with Gasteiger partial charge < -0.3 is 25.2 Å². The summed E-state index contributed by atoms with van der Waals surface area (Å²) in [5, 5.41) is 6.25. The molecule has 0 saturated heterocycles. The number of carbonyl (C=O) groups is 3. The number of ether oxygens (including phenoxy) is 1. The van der Waals surface area contributed by atoms with Crippen LogP contribution in [0.4, 0.5) is 11.4 Å². The standard InChI is InChI=1S/C29H30N4O4/c1-32(2)15-16-33(3)28(35)20-11-8-12-22(17-20)30-26(19-9-6-5-7-10-19)25-23-14-13-21(29(36)37-4)18-24(23)31-27(25)34/h5-14,17-18,30H,15-16H2,1-4H3,(H,31,34)/b26-25-. The number of nitrogens with zero attached hydrogens (tertiary/aromatic N) is 2. The Balaban J connectivity index is 1.73. The summed E-state index contributed by atoms with van der Waals surface area (Å²) >= 11 is 0. The molecule has 2 N–H and O–H groups in total. The molecule has 0 atom stereocenters. The van der Waals surface area contributed by atoms with E-state index in [2.05, 4.69) is 10.6 Å². The van der Waals surface area contributed by atoms with Gasteiger partial charge in [-0.1, -0.05) is 42.5 Å². The number of hydrogen-bond donors (Lipinski definition) is 2. The van der Waals surface area contributed by atoms with Crippen LogP contribution in [0.1, 0.15) is 31.8 Å². The molecule has 1 aliphatic heterocycles. The Morgan fingerprint density at radius 3 is 2.30 bits per heavy atom. The molecule has 0 spiro atoms. The van der Waals surface area contributed by atoms with Crippen LogP contribution in [-0.2, 0) is 9.53 Å². The first-order valence-electron chi connectivity index (χ1n) is 11.9. The van der Waals surface area contributed by atoms with Gasteiger partial charge in [0.25, 0.3) is 11.8 Å². The average Bonchev–Trinajstić information content (AvgIpc) is 3.24. The van der Waals surface area contributed by atoms with Gasteiger partial charge in [0.15, 0.2) is 0 Å². The molecule has 2 amide bonds. The summed E-state index contributed by atoms with van der Waals surface area (Å²) in [5.41, 5.74) is 4.60. The SMILES string of the molecule is COC(=O)c1ccc2c(c1)NC(=O)/C2=C(\Nc1cccc(C(=O)N(C)CCN(C)C)c1)c1ccccc1. The van der Waals surface area contributed by atoms with E-state index in [0.29, 0.717) is 45.9 Å². The topological polar surface area (TPSA) is 91.0 Å². The zero-order valence-corrected chi connectivity index (χ0v) is 21.4. The molecule has 0 radical (unpaired) electrons. The van der Waals surface area contributed by atoms with Crippen LogP contribution < -0.4 is 10.6 Å². The first-order valence-corrected chi connectivity index (χ1v) is 11.9. The Kier molecular flexibility index (Phi) is 7.69. The molecule has 0 aliphatic carbocycles. The largest absolute Gasteiger partial charge is 0.465 e. The first kappa shape index (κ1) is 25.7. The van der Waals surface area contributed by atoms with Gasteiger partial charge in [0.05, 0.1) is 29.6 Å². The van der Waals surface area contributed by atoms with Crippen LogP contribution >= 0.6 is 0 Å². The van der Waals surface area contributed by atoms with E-state index in [4.69, 9.17) is 4.74 Å². The molecule has 0 unspecified atom stereocenters. The van der Waals surface area contributed by atoms with Gasteiger partial charge in [-0.3, -0.25) is 9.59 Å². The summed E-state index contributed by atoms with van der Waals surface area (Å²) in [6.07, 6.45) is 0. The molecular weight excluding hydrogens is 468 g/mol. The number of amides is 2. The maximum absolute atomic E-state index is 13.2. The molecule has 4 rings (SSSR count). The summed E-state index contributed by atoms with van der Waals surface area (Å²) in [6, 6.07) is 21.7. The maximum atomic E-state index is 13.2. The minimum Gasteiger partial charge on any atom is -0.465 e. The summed E-state index contributed by atoms with van der Waals surface area (Å²) in [6.45, 7) is 1.37. The molecule has 0 aromatic heterocycles. The highest BCUT2D eigenvalue weighted by molar-refractivity contribution is 6.37. The van der Waals surface area contributed by atoms with Gasteiger partial charge >= 0.3 is 5.97 Å². The van der Waals surface area contributed by atoms with Crippen LogP contribution in [0.15, 0.2) is 72.8 Å². The summed E-state index contributed by atoms with van der Waals surface area (Å²) < 4.78 is 4.81. The predicted molar refractivity (Wildman–Crippen MR) is 145 cm³/mol. The number of anilines is 2. The molecule has 8 nitrogen and oxygen atoms in total. The molecule has 0 bridgehead atoms. The van der Waals surface area contributed by atoms with E-state index < -0.39 is 5.97 Å². The Morgan fingerprint density at radius 2 is 1.59 bits per heavy atom. The third-order valence-corrected chi connectivity index (χ3v) is 6.11. The normalized spacial score (nSPS) is 13.6. The maximum Gasteiger partial charge on any atom is 0.337 e. The van der Waals surface area contributed by atoms with Gasteiger partial charge in [0, 0.05) is 37.0 Å². The quantitative estimate of drug-likeness (QED) is 0.360. The number of esters is 1. The van der Waals surface area contributed by atoms with Crippen LogP contribution in [0.5, 0.6) is 0 Å². The van der Waals surface area contributed by atoms with E-state index in [1.54, 1.807) is 42.3 Å². The van der Waals surface area contributed by atoms with Crippen molar-refractivity contribution in [3.05, 3.63) is 95.1 Å². The number of fused-ring (bicyclic) bond motifs is 1. The van der Waals surface area contributed by atoms with Crippen molar-refractivity contribution in [2.75, 3.05) is 52.0 Å². The van der Waals surface area contributed by atoms with Gasteiger partial charge in [-0.25, -0.2) is 4.79 Å². The fourth-order valence-corrected chi connectivity index (χ4v) is 4.10. The summed E-state index contributed by atoms with van der Waals surface area (Å²) in [5.74, 6) is -0.856. The molecule has 0 saturated carbocycles. The second-order valence-electron chi connectivity index (χ2n) is 9.06. The van der Waals surface area contributed by atoms with Gasteiger partial charge in [-0.2, -0.15) is 0 Å². The van der Waals surface area contributed by atoms with Gasteiger partial charge in [0.1, 0.15) is 0 Å². The second-order valence-corrected chi connectivity index (χ2v) is 9.06. The molecule has 37 heavy (non-hydrogen) atoms. The third kappa shape index (κ3) is 5.70. The zero-order chi connectivity index (χ0) is 26.5. The van der Waals surface area contributed by atoms with Crippen LogP contribution in [0.2, 0.25) is 0 Å². The number of hydrogen-bond acceptors (Lipinski definition) is 6. The minimum atomic E-state index is -0.479. The van der Waals surface area contributed by atoms with E-state index in [-0.39, 0.29) is 11.8 Å². The Hall–Kier alpha value is -4.43. The van der Waals surface area contributed by atoms with Crippen LogP contribution in [0.25, 0.3) is 11.3 Å². The highest BCUT2D eigenvalue weighted by Crippen LogP contribution is 2.38. The van der Waals surface area contributed by atoms with Crippen molar-refractivity contribution in [2.45, 2.75) is 0 Å². The smallest absolute Gasteiger partial charge is 0.337 e. The second kappa shape index (κ2) is 11.1. The van der Waals surface area contributed by atoms with Crippen molar-refractivity contribution in [1.82, 2.24) is 9.80 Å². The molecule has 1 heterocycles. The third-order valence-electron chi connectivity index (χ3n) is 6.11. The number of rotatable bonds is 8. The number of methoxy groups -OCH3 is 1. The molecule has 3 aromatic carbocycles. The Bertz CT molecular complexity index is 1370. The van der Waals surface area contributed by atoms with Crippen molar-refractivity contribution in [3.8, 4) is 0 Å². The van der Waals surface area contributed by atoms with Crippen LogP contribution in [-0.4, -0.2) is 68.9 Å². The molecule has 1 aliphatic rings. The van der Waals surface area contributed by atoms with Gasteiger partial charge in [-0.15, -0.1) is 0 Å². The lowest BCUT2D eigenvalue weighted by Gasteiger charge is -2.20. The van der Waals surface area contributed by atoms with E-state index in [0.717, 1.165) is 12.1 Å². The number of likely N-dealkylation sites (N-methyl/N-ethyl adjacent to an activating group) is 2. The van der Waals surface area contributed by atoms with Crippen molar-refractivity contribution in [1.29, 1.82) is 0 Å². The highest BCUT2D eigenvalue weighted by Gasteiger charge is 2.29. The van der Waals surface area contributed by atoms with E-state index in [9.17, 15) is 14.4 Å². The fourth-order valence-electron chi connectivity index (χ4n) is 4.10. The lowest BCUT2D eigenvalue weighted by Crippen LogP contribution is -2.33. The van der Waals surface area contributed by atoms with Gasteiger partial charge in [0.2, 0.25) is 0 Å². The van der Waals surface area contributed by atoms with E-state index in [1.807, 2.05) is 61.5 Å². The minimum absolute atomic E-state index is 0.0845. The number of carbonyl (C=O) groups excluding carboxylic acids is 3. The monoisotopic (exact) mass is 498 g/mol. The number of benzene rings is 3. The Labute approximate surface area is 216 Å². The average molecular weight is 499 g/mol. The van der Waals surface area contributed by atoms with Crippen LogP contribution in [0, 0.1) is 0 Å². The summed E-state index contributed by atoms with van der Waals surface area (Å²) in [4.78, 5) is 41.9. The van der Waals surface area contributed by atoms with Crippen molar-refractivity contribution >= 4 is 40.4 Å². The van der Waals surface area contributed by atoms with Crippen molar-refractivity contribution in [3.63, 3.8) is 0 Å². The van der Waals surface area contributed by atoms with Crippen LogP contribution in [0.3, 0.4) is 0 Å². The summed E-state index contributed by atoms with van der Waals surface area (Å²) in [7, 11) is 7.03. The fraction of sp³-hybridized carbons (Fsp3) is 0.207. The van der Waals surface area contributed by atoms with Crippen molar-refractivity contribution in [2.24, 2.45) is 0 Å². The Morgan fingerprint density at radius 1 is 0.865 bits per heavy atom. The molecule has 3 aromatic rings. The predicted octanol–water partition coefficient (Wildman–Crippen LogP) is 4.04. The lowest BCUT2D eigenvalue weighted by molar-refractivity contribution is -0.110. The molecule has 8 heteroatoms. The van der Waals surface area contributed by atoms with Crippen molar-refractivity contribution < 1.29 is 19.1 Å². The first-order chi connectivity index (χ1) is 17.8. The lowest BCUT2D eigenvalue weighted by atomic mass is 9.99. The van der Waals surface area contributed by atoms with E-state index >= 15 is 0 Å². The van der Waals surface area contributed by atoms with Gasteiger partial charge in [-0.05, 0) is 50.0 Å². The zero-order valence-electron chi connectivity index (χ0n) is 21.4. The molecule has 0 fully saturated rings. The molecular formula is C29H30N4O4.